The Kier molecular flexibility index (Phi) is 5.24. The van der Waals surface area contributed by atoms with Gasteiger partial charge in [-0.3, -0.25) is 0 Å². The van der Waals surface area contributed by atoms with Crippen molar-refractivity contribution >= 4 is 14.1 Å². The molecule has 1 aromatic heterocycles. The molecule has 1 fully saturated rings. The fraction of sp³-hybridized carbons (Fsp3) is 0.750. The van der Waals surface area contributed by atoms with Crippen LogP contribution in [0.3, 0.4) is 0 Å². The molecule has 6 heteroatoms. The number of hydrogen-bond acceptors (Lipinski definition) is 5. The van der Waals surface area contributed by atoms with Crippen molar-refractivity contribution in [1.29, 1.82) is 0 Å². The van der Waals surface area contributed by atoms with E-state index in [0.717, 1.165) is 18.7 Å². The Hall–Kier alpha value is -0.983. The minimum atomic E-state index is -1.81. The summed E-state index contributed by atoms with van der Waals surface area (Å²) in [6.07, 6.45) is 5.24. The molecule has 0 amide bonds. The summed E-state index contributed by atoms with van der Waals surface area (Å²) in [6, 6.07) is 2.16. The van der Waals surface area contributed by atoms with Crippen LogP contribution in [0, 0.1) is 5.92 Å². The van der Waals surface area contributed by atoms with E-state index in [1.54, 1.807) is 12.5 Å². The van der Waals surface area contributed by atoms with Gasteiger partial charge in [-0.05, 0) is 37.0 Å². The fourth-order valence-electron chi connectivity index (χ4n) is 2.68. The van der Waals surface area contributed by atoms with Crippen LogP contribution in [-0.2, 0) is 4.43 Å². The zero-order chi connectivity index (χ0) is 16.4. The zero-order valence-electron chi connectivity index (χ0n) is 14.3. The lowest BCUT2D eigenvalue weighted by atomic mass is 10.1. The monoisotopic (exact) mass is 323 g/mol. The van der Waals surface area contributed by atoms with Crippen molar-refractivity contribution in [3.8, 4) is 0 Å². The maximum atomic E-state index is 9.70. The van der Waals surface area contributed by atoms with Crippen LogP contribution in [0.25, 0.3) is 0 Å². The Morgan fingerprint density at radius 3 is 2.64 bits per heavy atom. The minimum Gasteiger partial charge on any atom is -0.413 e. The van der Waals surface area contributed by atoms with Gasteiger partial charge in [0.05, 0.1) is 6.10 Å². The standard InChI is InChI=1S/C16H29N3O2Si/c1-16(2,3)22(4,5)21-14-9-13(8-12(14)10-20)19-15-6-7-17-11-18-15/h6-7,11-14,20H,8-10H2,1-5H3,(H,17,18,19)/t12-,13+,14-/m0/s1. The second kappa shape index (κ2) is 6.64. The van der Waals surface area contributed by atoms with E-state index >= 15 is 0 Å². The van der Waals surface area contributed by atoms with Crippen molar-refractivity contribution < 1.29 is 9.53 Å². The quantitative estimate of drug-likeness (QED) is 0.815. The third kappa shape index (κ3) is 4.06. The SMILES string of the molecule is CC(C)(C)[Si](C)(C)O[C@H]1C[C@H](Nc2ccncn2)C[C@H]1CO. The highest BCUT2D eigenvalue weighted by Crippen LogP contribution is 2.41. The second-order valence-electron chi connectivity index (χ2n) is 7.77. The van der Waals surface area contributed by atoms with Crippen LogP contribution in [0.4, 0.5) is 5.82 Å². The molecule has 3 atom stereocenters. The molecule has 1 saturated carbocycles. The summed E-state index contributed by atoms with van der Waals surface area (Å²) >= 11 is 0. The topological polar surface area (TPSA) is 67.3 Å². The maximum Gasteiger partial charge on any atom is 0.192 e. The summed E-state index contributed by atoms with van der Waals surface area (Å²) in [6.45, 7) is 11.5. The van der Waals surface area contributed by atoms with Gasteiger partial charge in [-0.2, -0.15) is 0 Å². The number of rotatable bonds is 5. The van der Waals surface area contributed by atoms with Crippen molar-refractivity contribution in [1.82, 2.24) is 9.97 Å². The lowest BCUT2D eigenvalue weighted by Crippen LogP contribution is -2.45. The first-order valence-electron chi connectivity index (χ1n) is 8.04. The summed E-state index contributed by atoms with van der Waals surface area (Å²) in [5, 5.41) is 13.3. The predicted molar refractivity (Wildman–Crippen MR) is 91.3 cm³/mol. The zero-order valence-corrected chi connectivity index (χ0v) is 15.3. The van der Waals surface area contributed by atoms with E-state index in [2.05, 4.69) is 49.1 Å². The Bertz CT molecular complexity index is 476. The second-order valence-corrected chi connectivity index (χ2v) is 12.5. The summed E-state index contributed by atoms with van der Waals surface area (Å²) in [7, 11) is -1.81. The van der Waals surface area contributed by atoms with Gasteiger partial charge in [0.1, 0.15) is 12.1 Å². The number of aliphatic hydroxyl groups excluding tert-OH is 1. The Morgan fingerprint density at radius 2 is 2.09 bits per heavy atom. The molecule has 0 spiro atoms. The van der Waals surface area contributed by atoms with Gasteiger partial charge < -0.3 is 14.8 Å². The van der Waals surface area contributed by atoms with E-state index in [0.29, 0.717) is 6.04 Å². The molecule has 1 aliphatic carbocycles. The summed E-state index contributed by atoms with van der Waals surface area (Å²) in [4.78, 5) is 8.15. The molecule has 1 heterocycles. The van der Waals surface area contributed by atoms with Crippen molar-refractivity contribution in [2.45, 2.75) is 63.9 Å². The lowest BCUT2D eigenvalue weighted by molar-refractivity contribution is 0.0980. The van der Waals surface area contributed by atoms with Gasteiger partial charge in [0, 0.05) is 24.8 Å². The Morgan fingerprint density at radius 1 is 1.36 bits per heavy atom. The predicted octanol–water partition coefficient (Wildman–Crippen LogP) is 3.05. The van der Waals surface area contributed by atoms with Crippen molar-refractivity contribution in [3.63, 3.8) is 0 Å². The molecule has 0 aliphatic heterocycles. The molecule has 0 aromatic carbocycles. The van der Waals surface area contributed by atoms with Crippen LogP contribution in [0.15, 0.2) is 18.6 Å². The first-order valence-corrected chi connectivity index (χ1v) is 10.9. The summed E-state index contributed by atoms with van der Waals surface area (Å²) in [5.41, 5.74) is 0. The molecule has 22 heavy (non-hydrogen) atoms. The van der Waals surface area contributed by atoms with Gasteiger partial charge >= 0.3 is 0 Å². The first kappa shape index (κ1) is 17.4. The van der Waals surface area contributed by atoms with Crippen LogP contribution in [0.1, 0.15) is 33.6 Å². The van der Waals surface area contributed by atoms with Crippen molar-refractivity contribution in [2.75, 3.05) is 11.9 Å². The van der Waals surface area contributed by atoms with Crippen LogP contribution >= 0.6 is 0 Å². The molecule has 0 bridgehead atoms. The molecule has 2 N–H and O–H groups in total. The fourth-order valence-corrected chi connectivity index (χ4v) is 4.08. The molecule has 1 aromatic rings. The molecule has 0 saturated heterocycles. The van der Waals surface area contributed by atoms with E-state index in [9.17, 15) is 5.11 Å². The van der Waals surface area contributed by atoms with Gasteiger partial charge in [0.25, 0.3) is 0 Å². The van der Waals surface area contributed by atoms with E-state index in [1.165, 1.54) is 0 Å². The van der Waals surface area contributed by atoms with E-state index in [-0.39, 0.29) is 23.7 Å². The molecule has 5 nitrogen and oxygen atoms in total. The Labute approximate surface area is 134 Å². The molecular formula is C16H29N3O2Si. The molecule has 1 aliphatic rings. The highest BCUT2D eigenvalue weighted by Gasteiger charge is 2.43. The third-order valence-corrected chi connectivity index (χ3v) is 9.55. The highest BCUT2D eigenvalue weighted by molar-refractivity contribution is 6.74. The van der Waals surface area contributed by atoms with Gasteiger partial charge in [-0.1, -0.05) is 20.8 Å². The smallest absolute Gasteiger partial charge is 0.192 e. The number of anilines is 1. The van der Waals surface area contributed by atoms with E-state index in [1.807, 2.05) is 6.07 Å². The molecular weight excluding hydrogens is 294 g/mol. The number of nitrogens with zero attached hydrogens (tertiary/aromatic N) is 2. The number of aliphatic hydroxyl groups is 1. The largest absolute Gasteiger partial charge is 0.413 e. The van der Waals surface area contributed by atoms with E-state index in [4.69, 9.17) is 4.43 Å². The molecule has 2 rings (SSSR count). The molecule has 124 valence electrons. The average Bonchev–Trinajstić information content (AvgIpc) is 2.79. The third-order valence-electron chi connectivity index (χ3n) is 5.05. The first-order chi connectivity index (χ1) is 10.2. The van der Waals surface area contributed by atoms with Crippen LogP contribution in [0.2, 0.25) is 18.1 Å². The normalized spacial score (nSPS) is 26.2. The number of hydrogen-bond donors (Lipinski definition) is 2. The van der Waals surface area contributed by atoms with Crippen molar-refractivity contribution in [2.24, 2.45) is 5.92 Å². The average molecular weight is 324 g/mol. The van der Waals surface area contributed by atoms with E-state index < -0.39 is 8.32 Å². The maximum absolute atomic E-state index is 9.70. The van der Waals surface area contributed by atoms with Gasteiger partial charge in [0.2, 0.25) is 0 Å². The van der Waals surface area contributed by atoms with Gasteiger partial charge in [-0.15, -0.1) is 0 Å². The van der Waals surface area contributed by atoms with Gasteiger partial charge in [0.15, 0.2) is 8.32 Å². The minimum absolute atomic E-state index is 0.130. The summed E-state index contributed by atoms with van der Waals surface area (Å²) < 4.78 is 6.54. The number of aromatic nitrogens is 2. The lowest BCUT2D eigenvalue weighted by Gasteiger charge is -2.39. The van der Waals surface area contributed by atoms with Crippen molar-refractivity contribution in [3.05, 3.63) is 18.6 Å². The summed E-state index contributed by atoms with van der Waals surface area (Å²) in [5.74, 6) is 1.04. The van der Waals surface area contributed by atoms with Crippen LogP contribution < -0.4 is 5.32 Å². The number of nitrogens with one attached hydrogen (secondary N) is 1. The molecule has 0 radical (unpaired) electrons. The van der Waals surface area contributed by atoms with Crippen LogP contribution in [-0.4, -0.2) is 42.1 Å². The Balaban J connectivity index is 2.01. The van der Waals surface area contributed by atoms with Gasteiger partial charge in [-0.25, -0.2) is 9.97 Å². The van der Waals surface area contributed by atoms with Crippen LogP contribution in [0.5, 0.6) is 0 Å². The highest BCUT2D eigenvalue weighted by atomic mass is 28.4. The molecule has 0 unspecified atom stereocenters.